The first-order valence-corrected chi connectivity index (χ1v) is 6.30. The molecule has 0 bridgehead atoms. The summed E-state index contributed by atoms with van der Waals surface area (Å²) in [4.78, 5) is 22.1. The molecule has 19 heavy (non-hydrogen) atoms. The molecule has 0 saturated carbocycles. The molecule has 0 heterocycles. The first kappa shape index (κ1) is 15.0. The summed E-state index contributed by atoms with van der Waals surface area (Å²) in [5, 5.41) is 20.8. The van der Waals surface area contributed by atoms with E-state index in [4.69, 9.17) is 5.11 Å². The minimum atomic E-state index is -0.797. The van der Waals surface area contributed by atoms with E-state index in [9.17, 15) is 14.7 Å². The summed E-state index contributed by atoms with van der Waals surface area (Å²) in [7, 11) is 0. The Morgan fingerprint density at radius 3 is 2.63 bits per heavy atom. The molecule has 0 aliphatic rings. The molecule has 1 aromatic rings. The third kappa shape index (κ3) is 5.42. The van der Waals surface area contributed by atoms with Crippen molar-refractivity contribution in [2.24, 2.45) is 0 Å². The Labute approximate surface area is 112 Å². The standard InChI is InChI=1S/C14H19NO4/c1-10-6-7-12(16)11(9-10)14(19)15-8-4-2-3-5-13(17)18/h6-7,9,16H,2-5,8H2,1H3,(H,15,19)(H,17,18). The Balaban J connectivity index is 2.31. The van der Waals surface area contributed by atoms with Crippen molar-refractivity contribution in [2.45, 2.75) is 32.6 Å². The molecule has 0 fully saturated rings. The lowest BCUT2D eigenvalue weighted by Gasteiger charge is -2.07. The van der Waals surface area contributed by atoms with Crippen molar-refractivity contribution in [1.29, 1.82) is 0 Å². The number of carbonyl (C=O) groups is 2. The monoisotopic (exact) mass is 265 g/mol. The summed E-state index contributed by atoms with van der Waals surface area (Å²) in [6, 6.07) is 4.87. The highest BCUT2D eigenvalue weighted by Crippen LogP contribution is 2.17. The SMILES string of the molecule is Cc1ccc(O)c(C(=O)NCCCCCC(=O)O)c1. The predicted molar refractivity (Wildman–Crippen MR) is 71.3 cm³/mol. The summed E-state index contributed by atoms with van der Waals surface area (Å²) in [6.45, 7) is 2.33. The summed E-state index contributed by atoms with van der Waals surface area (Å²) in [6.07, 6.45) is 2.26. The molecule has 5 nitrogen and oxygen atoms in total. The number of aliphatic carboxylic acids is 1. The maximum absolute atomic E-state index is 11.8. The number of hydrogen-bond acceptors (Lipinski definition) is 3. The van der Waals surface area contributed by atoms with Crippen LogP contribution in [0.15, 0.2) is 18.2 Å². The molecule has 1 rings (SSSR count). The van der Waals surface area contributed by atoms with Gasteiger partial charge in [-0.3, -0.25) is 9.59 Å². The predicted octanol–water partition coefficient (Wildman–Crippen LogP) is 2.08. The van der Waals surface area contributed by atoms with Gasteiger partial charge in [-0.15, -0.1) is 0 Å². The number of carbonyl (C=O) groups excluding carboxylic acids is 1. The number of rotatable bonds is 7. The van der Waals surface area contributed by atoms with Gasteiger partial charge in [0.15, 0.2) is 0 Å². The lowest BCUT2D eigenvalue weighted by molar-refractivity contribution is -0.137. The lowest BCUT2D eigenvalue weighted by atomic mass is 10.1. The fourth-order valence-corrected chi connectivity index (χ4v) is 1.71. The van der Waals surface area contributed by atoms with Crippen LogP contribution in [0.1, 0.15) is 41.6 Å². The molecule has 1 amide bonds. The number of carboxylic acid groups (broad SMARTS) is 1. The molecule has 0 aromatic heterocycles. The number of nitrogens with one attached hydrogen (secondary N) is 1. The molecular formula is C14H19NO4. The van der Waals surface area contributed by atoms with Crippen LogP contribution in [-0.2, 0) is 4.79 Å². The number of aromatic hydroxyl groups is 1. The minimum Gasteiger partial charge on any atom is -0.507 e. The molecule has 0 saturated heterocycles. The Morgan fingerprint density at radius 2 is 1.95 bits per heavy atom. The van der Waals surface area contributed by atoms with E-state index in [1.54, 1.807) is 12.1 Å². The highest BCUT2D eigenvalue weighted by atomic mass is 16.4. The fraction of sp³-hybridized carbons (Fsp3) is 0.429. The molecule has 0 aliphatic heterocycles. The maximum Gasteiger partial charge on any atom is 0.303 e. The Bertz CT molecular complexity index is 457. The van der Waals surface area contributed by atoms with Gasteiger partial charge in [-0.25, -0.2) is 0 Å². The van der Waals surface area contributed by atoms with Gasteiger partial charge in [0.05, 0.1) is 5.56 Å². The van der Waals surface area contributed by atoms with Gasteiger partial charge in [-0.2, -0.15) is 0 Å². The molecule has 104 valence electrons. The summed E-state index contributed by atoms with van der Waals surface area (Å²) >= 11 is 0. The van der Waals surface area contributed by atoms with Crippen LogP contribution in [0.3, 0.4) is 0 Å². The van der Waals surface area contributed by atoms with Crippen LogP contribution < -0.4 is 5.32 Å². The number of phenolic OH excluding ortho intramolecular Hbond substituents is 1. The van der Waals surface area contributed by atoms with Gasteiger partial charge in [0.1, 0.15) is 5.75 Å². The van der Waals surface area contributed by atoms with Crippen molar-refractivity contribution < 1.29 is 19.8 Å². The van der Waals surface area contributed by atoms with E-state index in [0.717, 1.165) is 18.4 Å². The van der Waals surface area contributed by atoms with E-state index < -0.39 is 5.97 Å². The summed E-state index contributed by atoms with van der Waals surface area (Å²) in [5.41, 5.74) is 1.18. The number of carboxylic acids is 1. The quantitative estimate of drug-likeness (QED) is 0.659. The van der Waals surface area contributed by atoms with Crippen molar-refractivity contribution in [2.75, 3.05) is 6.54 Å². The zero-order chi connectivity index (χ0) is 14.3. The second kappa shape index (κ2) is 7.41. The Morgan fingerprint density at radius 1 is 1.21 bits per heavy atom. The van der Waals surface area contributed by atoms with Gasteiger partial charge in [0.25, 0.3) is 5.91 Å². The van der Waals surface area contributed by atoms with Crippen molar-refractivity contribution in [3.8, 4) is 5.75 Å². The molecule has 0 unspecified atom stereocenters. The van der Waals surface area contributed by atoms with E-state index in [0.29, 0.717) is 13.0 Å². The Hall–Kier alpha value is -2.04. The fourth-order valence-electron chi connectivity index (χ4n) is 1.71. The number of unbranched alkanes of at least 4 members (excludes halogenated alkanes) is 2. The zero-order valence-corrected chi connectivity index (χ0v) is 11.0. The normalized spacial score (nSPS) is 10.2. The van der Waals surface area contributed by atoms with E-state index >= 15 is 0 Å². The van der Waals surface area contributed by atoms with Crippen LogP contribution in [0.5, 0.6) is 5.75 Å². The zero-order valence-electron chi connectivity index (χ0n) is 11.0. The highest BCUT2D eigenvalue weighted by Gasteiger charge is 2.10. The van der Waals surface area contributed by atoms with Gasteiger partial charge in [-0.1, -0.05) is 18.1 Å². The van der Waals surface area contributed by atoms with Crippen LogP contribution in [0.4, 0.5) is 0 Å². The van der Waals surface area contributed by atoms with Crippen molar-refractivity contribution in [3.63, 3.8) is 0 Å². The van der Waals surface area contributed by atoms with Gasteiger partial charge in [0, 0.05) is 13.0 Å². The average Bonchev–Trinajstić information content (AvgIpc) is 2.36. The molecule has 0 spiro atoms. The van der Waals surface area contributed by atoms with Crippen LogP contribution in [-0.4, -0.2) is 28.6 Å². The molecule has 0 aliphatic carbocycles. The van der Waals surface area contributed by atoms with Crippen LogP contribution in [0.25, 0.3) is 0 Å². The molecule has 0 radical (unpaired) electrons. The van der Waals surface area contributed by atoms with Crippen molar-refractivity contribution in [3.05, 3.63) is 29.3 Å². The smallest absolute Gasteiger partial charge is 0.303 e. The molecule has 5 heteroatoms. The maximum atomic E-state index is 11.8. The molecular weight excluding hydrogens is 246 g/mol. The van der Waals surface area contributed by atoms with E-state index in [2.05, 4.69) is 5.32 Å². The number of amides is 1. The largest absolute Gasteiger partial charge is 0.507 e. The van der Waals surface area contributed by atoms with Gasteiger partial charge < -0.3 is 15.5 Å². The Kier molecular flexibility index (Phi) is 5.85. The molecule has 3 N–H and O–H groups in total. The summed E-state index contributed by atoms with van der Waals surface area (Å²) < 4.78 is 0. The first-order chi connectivity index (χ1) is 9.00. The third-order valence-corrected chi connectivity index (χ3v) is 2.75. The second-order valence-corrected chi connectivity index (χ2v) is 4.48. The van der Waals surface area contributed by atoms with E-state index in [1.807, 2.05) is 6.92 Å². The number of phenols is 1. The lowest BCUT2D eigenvalue weighted by Crippen LogP contribution is -2.24. The van der Waals surface area contributed by atoms with Crippen molar-refractivity contribution >= 4 is 11.9 Å². The van der Waals surface area contributed by atoms with Gasteiger partial charge in [-0.05, 0) is 31.9 Å². The van der Waals surface area contributed by atoms with Crippen LogP contribution >= 0.6 is 0 Å². The number of benzene rings is 1. The molecule has 1 aromatic carbocycles. The topological polar surface area (TPSA) is 86.6 Å². The number of hydrogen-bond donors (Lipinski definition) is 3. The third-order valence-electron chi connectivity index (χ3n) is 2.75. The van der Waals surface area contributed by atoms with Crippen LogP contribution in [0.2, 0.25) is 0 Å². The van der Waals surface area contributed by atoms with Gasteiger partial charge in [0.2, 0.25) is 0 Å². The average molecular weight is 265 g/mol. The molecule has 0 atom stereocenters. The van der Waals surface area contributed by atoms with Gasteiger partial charge >= 0.3 is 5.97 Å². The summed E-state index contributed by atoms with van der Waals surface area (Å²) in [5.74, 6) is -1.14. The second-order valence-electron chi connectivity index (χ2n) is 4.48. The van der Waals surface area contributed by atoms with Crippen molar-refractivity contribution in [1.82, 2.24) is 5.32 Å². The number of aryl methyl sites for hydroxylation is 1. The minimum absolute atomic E-state index is 0.0334. The van der Waals surface area contributed by atoms with Crippen LogP contribution in [0, 0.1) is 6.92 Å². The highest BCUT2D eigenvalue weighted by molar-refractivity contribution is 5.96. The first-order valence-electron chi connectivity index (χ1n) is 6.30. The van der Waals surface area contributed by atoms with E-state index in [-0.39, 0.29) is 23.6 Å². The van der Waals surface area contributed by atoms with E-state index in [1.165, 1.54) is 6.07 Å².